The number of hydrogen-bond donors (Lipinski definition) is 1. The second-order valence-corrected chi connectivity index (χ2v) is 14.4. The fourth-order valence-corrected chi connectivity index (χ4v) is 8.40. The van der Waals surface area contributed by atoms with Gasteiger partial charge in [-0.1, -0.05) is 41.9 Å². The maximum Gasteiger partial charge on any atom is 0.415 e. The van der Waals surface area contributed by atoms with Gasteiger partial charge in [-0.25, -0.2) is 28.3 Å². The Morgan fingerprint density at radius 3 is 2.63 bits per heavy atom. The number of benzene rings is 2. The smallest absolute Gasteiger partial charge is 0.415 e. The SMILES string of the molecule is CN1C[C@@H]2CCN(c3c(-c4cnc5c(c4)c(=O)c(C(=O)OCc4ccccc4)cn5C)cnc4[nH]c5c(N(C)C(=O)OCCl)cc(F)c(F)c5c34)[C@]2(C)C1. The number of aromatic nitrogens is 4. The van der Waals surface area contributed by atoms with Crippen LogP contribution in [0, 0.1) is 17.6 Å². The number of likely N-dealkylation sites (tertiary alicyclic amines) is 1. The van der Waals surface area contributed by atoms with E-state index in [-0.39, 0.29) is 45.7 Å². The van der Waals surface area contributed by atoms with Gasteiger partial charge in [-0.2, -0.15) is 0 Å². The molecule has 6 aromatic rings. The molecule has 6 heterocycles. The van der Waals surface area contributed by atoms with E-state index in [1.54, 1.807) is 30.1 Å². The number of amides is 1. The molecule has 12 nitrogen and oxygen atoms in total. The van der Waals surface area contributed by atoms with Gasteiger partial charge >= 0.3 is 12.1 Å². The maximum atomic E-state index is 16.3. The van der Waals surface area contributed by atoms with Gasteiger partial charge in [0.1, 0.15) is 23.5 Å². The third-order valence-electron chi connectivity index (χ3n) is 10.9. The molecule has 0 saturated carbocycles. The van der Waals surface area contributed by atoms with Crippen LogP contribution in [-0.4, -0.2) is 81.8 Å². The van der Waals surface area contributed by atoms with Crippen molar-refractivity contribution in [2.75, 3.05) is 49.6 Å². The minimum atomic E-state index is -1.17. The molecule has 15 heteroatoms. The summed E-state index contributed by atoms with van der Waals surface area (Å²) in [4.78, 5) is 58.0. The first kappa shape index (κ1) is 35.4. The number of aryl methyl sites for hydroxylation is 1. The van der Waals surface area contributed by atoms with Crippen molar-refractivity contribution in [3.8, 4) is 11.1 Å². The van der Waals surface area contributed by atoms with Gasteiger partial charge in [0.25, 0.3) is 0 Å². The van der Waals surface area contributed by atoms with E-state index in [2.05, 4.69) is 33.7 Å². The summed E-state index contributed by atoms with van der Waals surface area (Å²) in [7, 11) is 5.11. The summed E-state index contributed by atoms with van der Waals surface area (Å²) >= 11 is 5.64. The van der Waals surface area contributed by atoms with E-state index in [1.807, 2.05) is 30.3 Å². The topological polar surface area (TPSA) is 126 Å². The Balaban J connectivity index is 1.35. The lowest BCUT2D eigenvalue weighted by Gasteiger charge is -2.38. The monoisotopic (exact) mass is 755 g/mol. The molecule has 2 aromatic carbocycles. The number of carbonyl (C=O) groups excluding carboxylic acids is 2. The van der Waals surface area contributed by atoms with E-state index in [9.17, 15) is 14.4 Å². The molecule has 0 unspecified atom stereocenters. The molecule has 0 aliphatic carbocycles. The summed E-state index contributed by atoms with van der Waals surface area (Å²) < 4.78 is 43.9. The van der Waals surface area contributed by atoms with Gasteiger partial charge in [0, 0.05) is 69.5 Å². The van der Waals surface area contributed by atoms with Crippen LogP contribution in [0.3, 0.4) is 0 Å². The zero-order valence-corrected chi connectivity index (χ0v) is 30.7. The molecule has 2 aliphatic heterocycles. The standard InChI is InChI=1S/C39H36ClF2N7O5/c1-39-19-46(2)16-23(39)10-11-49(39)33-25(15-43-35-30(33)29-31(42)27(41)13-28(32(29)45-35)48(4)38(52)54-20-40)22-12-24-34(50)26(17-47(3)36(24)44-14-22)37(51)53-18-21-8-6-5-7-9-21/h5-9,12-15,17,23H,10-11,16,18-20H2,1-4H3,(H,43,45)/t23-,39+/m0/s1. The highest BCUT2D eigenvalue weighted by Crippen LogP contribution is 2.50. The lowest BCUT2D eigenvalue weighted by atomic mass is 9.89. The molecule has 8 rings (SSSR count). The van der Waals surface area contributed by atoms with Gasteiger partial charge in [-0.05, 0) is 37.9 Å². The first-order valence-corrected chi connectivity index (χ1v) is 17.9. The zero-order valence-electron chi connectivity index (χ0n) is 30.0. The summed E-state index contributed by atoms with van der Waals surface area (Å²) in [5.41, 5.74) is 1.99. The number of alkyl halides is 1. The maximum absolute atomic E-state index is 16.3. The van der Waals surface area contributed by atoms with E-state index in [4.69, 9.17) is 26.1 Å². The summed E-state index contributed by atoms with van der Waals surface area (Å²) in [6, 6.07) is 11.3. The van der Waals surface area contributed by atoms with Crippen molar-refractivity contribution < 1.29 is 27.8 Å². The number of aromatic amines is 1. The molecule has 4 aromatic heterocycles. The largest absolute Gasteiger partial charge is 0.457 e. The van der Waals surface area contributed by atoms with Crippen LogP contribution < -0.4 is 15.2 Å². The molecule has 0 radical (unpaired) electrons. The zero-order chi connectivity index (χ0) is 38.1. The fourth-order valence-electron chi connectivity index (χ4n) is 8.31. The van der Waals surface area contributed by atoms with Crippen LogP contribution in [0.15, 0.2) is 65.8 Å². The van der Waals surface area contributed by atoms with Crippen molar-refractivity contribution in [3.63, 3.8) is 0 Å². The number of ether oxygens (including phenoxy) is 2. The molecular weight excluding hydrogens is 720 g/mol. The number of fused-ring (bicyclic) bond motifs is 5. The number of rotatable bonds is 7. The molecule has 1 N–H and O–H groups in total. The summed E-state index contributed by atoms with van der Waals surface area (Å²) in [6.45, 7) is 4.34. The van der Waals surface area contributed by atoms with Gasteiger partial charge in [-0.15, -0.1) is 0 Å². The Hall–Kier alpha value is -5.60. The fraction of sp³-hybridized carbons (Fsp3) is 0.308. The summed E-state index contributed by atoms with van der Waals surface area (Å²) in [5.74, 6) is -2.78. The van der Waals surface area contributed by atoms with E-state index in [1.165, 1.54) is 13.2 Å². The number of carbonyl (C=O) groups is 2. The normalized spacial score (nSPS) is 18.5. The van der Waals surface area contributed by atoms with Crippen LogP contribution in [0.2, 0.25) is 0 Å². The van der Waals surface area contributed by atoms with Gasteiger partial charge < -0.3 is 28.8 Å². The first-order chi connectivity index (χ1) is 25.9. The Kier molecular flexibility index (Phi) is 8.77. The number of hydrogen-bond acceptors (Lipinski definition) is 9. The number of anilines is 2. The minimum absolute atomic E-state index is 0.00778. The Morgan fingerprint density at radius 1 is 1.09 bits per heavy atom. The lowest BCUT2D eigenvalue weighted by Crippen LogP contribution is -2.47. The van der Waals surface area contributed by atoms with E-state index < -0.39 is 40.7 Å². The minimum Gasteiger partial charge on any atom is -0.457 e. The van der Waals surface area contributed by atoms with Gasteiger partial charge in [0.15, 0.2) is 17.7 Å². The first-order valence-electron chi connectivity index (χ1n) is 17.4. The molecule has 54 heavy (non-hydrogen) atoms. The van der Waals surface area contributed by atoms with Crippen molar-refractivity contribution in [1.29, 1.82) is 0 Å². The Labute approximate surface area is 312 Å². The number of pyridine rings is 3. The van der Waals surface area contributed by atoms with Gasteiger partial charge in [-0.3, -0.25) is 9.69 Å². The van der Waals surface area contributed by atoms with Crippen molar-refractivity contribution in [3.05, 3.63) is 94.0 Å². The summed E-state index contributed by atoms with van der Waals surface area (Å²) in [6.07, 6.45) is 4.62. The quantitative estimate of drug-likeness (QED) is 0.142. The van der Waals surface area contributed by atoms with Crippen LogP contribution in [0.25, 0.3) is 44.1 Å². The van der Waals surface area contributed by atoms with Crippen molar-refractivity contribution >= 4 is 68.0 Å². The molecule has 278 valence electrons. The van der Waals surface area contributed by atoms with Crippen LogP contribution in [-0.2, 0) is 23.1 Å². The van der Waals surface area contributed by atoms with Gasteiger partial charge in [0.2, 0.25) is 5.43 Å². The molecule has 2 saturated heterocycles. The number of nitrogens with one attached hydrogen (secondary N) is 1. The predicted molar refractivity (Wildman–Crippen MR) is 202 cm³/mol. The summed E-state index contributed by atoms with van der Waals surface area (Å²) in [5, 5.41) is 0.378. The third-order valence-corrected chi connectivity index (χ3v) is 11.0. The highest BCUT2D eigenvalue weighted by molar-refractivity contribution is 6.20. The lowest BCUT2D eigenvalue weighted by molar-refractivity contribution is 0.0470. The van der Waals surface area contributed by atoms with E-state index >= 15 is 8.78 Å². The van der Waals surface area contributed by atoms with Crippen LogP contribution >= 0.6 is 11.6 Å². The average molecular weight is 756 g/mol. The molecule has 2 aliphatic rings. The number of nitrogens with zero attached hydrogens (tertiary/aromatic N) is 6. The van der Waals surface area contributed by atoms with Crippen LogP contribution in [0.5, 0.6) is 0 Å². The van der Waals surface area contributed by atoms with Crippen LogP contribution in [0.1, 0.15) is 29.3 Å². The van der Waals surface area contributed by atoms with Crippen molar-refractivity contribution in [1.82, 2.24) is 24.4 Å². The Morgan fingerprint density at radius 2 is 1.87 bits per heavy atom. The van der Waals surface area contributed by atoms with Gasteiger partial charge in [0.05, 0.1) is 38.6 Å². The number of likely N-dealkylation sites (N-methyl/N-ethyl adjacent to an activating group) is 1. The highest BCUT2D eigenvalue weighted by atomic mass is 35.5. The second kappa shape index (κ2) is 13.4. The van der Waals surface area contributed by atoms with Crippen molar-refractivity contribution in [2.24, 2.45) is 13.0 Å². The molecular formula is C39H36ClF2N7O5. The van der Waals surface area contributed by atoms with E-state index in [0.29, 0.717) is 40.9 Å². The number of halogens is 3. The highest BCUT2D eigenvalue weighted by Gasteiger charge is 2.51. The van der Waals surface area contributed by atoms with E-state index in [0.717, 1.165) is 29.5 Å². The number of H-pyrrole nitrogens is 1. The molecule has 2 fully saturated rings. The molecule has 2 atom stereocenters. The molecule has 0 bridgehead atoms. The third kappa shape index (κ3) is 5.62. The van der Waals surface area contributed by atoms with Crippen LogP contribution in [0.4, 0.5) is 25.0 Å². The molecule has 1 amide bonds. The predicted octanol–water partition coefficient (Wildman–Crippen LogP) is 6.56. The average Bonchev–Trinajstić information content (AvgIpc) is 3.80. The number of esters is 1. The Bertz CT molecular complexity index is 2560. The molecule has 0 spiro atoms. The van der Waals surface area contributed by atoms with Crippen molar-refractivity contribution in [2.45, 2.75) is 25.5 Å². The second-order valence-electron chi connectivity index (χ2n) is 14.2.